The van der Waals surface area contributed by atoms with Crippen LogP contribution in [0.4, 0.5) is 5.69 Å². The van der Waals surface area contributed by atoms with Gasteiger partial charge in [0.25, 0.3) is 5.91 Å². The zero-order valence-electron chi connectivity index (χ0n) is 18.0. The van der Waals surface area contributed by atoms with Gasteiger partial charge in [-0.1, -0.05) is 12.1 Å². The summed E-state index contributed by atoms with van der Waals surface area (Å²) in [6.45, 7) is 2.40. The fourth-order valence-electron chi connectivity index (χ4n) is 4.61. The van der Waals surface area contributed by atoms with Crippen LogP contribution in [0.3, 0.4) is 0 Å². The molecule has 0 aliphatic carbocycles. The van der Waals surface area contributed by atoms with E-state index < -0.39 is 0 Å². The van der Waals surface area contributed by atoms with Crippen LogP contribution < -0.4 is 5.32 Å². The summed E-state index contributed by atoms with van der Waals surface area (Å²) in [6.07, 6.45) is 7.60. The van der Waals surface area contributed by atoms with Crippen molar-refractivity contribution in [1.29, 1.82) is 0 Å². The Balaban J connectivity index is 1.29. The molecule has 0 unspecified atom stereocenters. The van der Waals surface area contributed by atoms with Crippen LogP contribution in [0, 0.1) is 5.92 Å². The lowest BCUT2D eigenvalue weighted by Gasteiger charge is -2.21. The molecule has 166 valence electrons. The van der Waals surface area contributed by atoms with Crippen molar-refractivity contribution in [2.45, 2.75) is 19.4 Å². The number of hydrogen-bond donors (Lipinski definition) is 3. The van der Waals surface area contributed by atoms with E-state index in [1.165, 1.54) is 0 Å². The monoisotopic (exact) mass is 440 g/mol. The number of benzene rings is 2. The van der Waals surface area contributed by atoms with E-state index in [1.807, 2.05) is 35.3 Å². The minimum Gasteiger partial charge on any atom is -0.381 e. The van der Waals surface area contributed by atoms with Crippen molar-refractivity contribution in [3.8, 4) is 11.1 Å². The summed E-state index contributed by atoms with van der Waals surface area (Å²) in [5, 5.41) is 16.8. The quantitative estimate of drug-likeness (QED) is 0.372. The molecule has 3 N–H and O–H groups in total. The maximum Gasteiger partial charge on any atom is 0.276 e. The molecule has 1 saturated heterocycles. The van der Waals surface area contributed by atoms with Gasteiger partial charge in [-0.15, -0.1) is 0 Å². The topological polar surface area (TPSA) is 101 Å². The van der Waals surface area contributed by atoms with Crippen molar-refractivity contribution >= 4 is 33.4 Å². The van der Waals surface area contributed by atoms with Crippen LogP contribution in [0.15, 0.2) is 61.1 Å². The number of rotatable bonds is 5. The molecular formula is C25H24N6O2. The van der Waals surface area contributed by atoms with E-state index in [9.17, 15) is 4.79 Å². The maximum absolute atomic E-state index is 13.1. The fraction of sp³-hybridized carbons (Fsp3) is 0.240. The Morgan fingerprint density at radius 3 is 2.94 bits per heavy atom. The van der Waals surface area contributed by atoms with Gasteiger partial charge in [0.15, 0.2) is 5.69 Å². The number of H-pyrrole nitrogens is 2. The van der Waals surface area contributed by atoms with Crippen molar-refractivity contribution in [3.63, 3.8) is 0 Å². The van der Waals surface area contributed by atoms with Crippen LogP contribution >= 0.6 is 0 Å². The lowest BCUT2D eigenvalue weighted by molar-refractivity contribution is 0.0601. The number of nitrogens with zero attached hydrogens (tertiary/aromatic N) is 3. The summed E-state index contributed by atoms with van der Waals surface area (Å²) in [5.41, 5.74) is 5.11. The maximum atomic E-state index is 13.1. The first-order chi connectivity index (χ1) is 16.2. The van der Waals surface area contributed by atoms with Crippen LogP contribution in [-0.4, -0.2) is 44.1 Å². The second kappa shape index (κ2) is 8.22. The molecule has 4 heterocycles. The van der Waals surface area contributed by atoms with E-state index in [4.69, 9.17) is 4.74 Å². The molecule has 8 nitrogen and oxygen atoms in total. The molecule has 8 heteroatoms. The van der Waals surface area contributed by atoms with Crippen LogP contribution in [0.5, 0.6) is 0 Å². The zero-order valence-corrected chi connectivity index (χ0v) is 18.0. The Bertz CT molecular complexity index is 1440. The third-order valence-corrected chi connectivity index (χ3v) is 6.37. The molecular weight excluding hydrogens is 416 g/mol. The van der Waals surface area contributed by atoms with Crippen molar-refractivity contribution in [2.24, 2.45) is 5.92 Å². The number of nitrogens with one attached hydrogen (secondary N) is 3. The first kappa shape index (κ1) is 19.8. The highest BCUT2D eigenvalue weighted by atomic mass is 16.5. The third kappa shape index (κ3) is 3.78. The van der Waals surface area contributed by atoms with E-state index in [0.29, 0.717) is 17.3 Å². The van der Waals surface area contributed by atoms with Gasteiger partial charge in [0.05, 0.1) is 17.4 Å². The van der Waals surface area contributed by atoms with Gasteiger partial charge < -0.3 is 15.0 Å². The Morgan fingerprint density at radius 2 is 2.03 bits per heavy atom. The minimum absolute atomic E-state index is 0.236. The molecule has 1 aliphatic heterocycles. The molecule has 0 atom stereocenters. The Hall–Kier alpha value is -3.91. The summed E-state index contributed by atoms with van der Waals surface area (Å²) in [4.78, 5) is 16.3. The van der Waals surface area contributed by atoms with Crippen LogP contribution in [-0.2, 0) is 11.3 Å². The van der Waals surface area contributed by atoms with Crippen LogP contribution in [0.1, 0.15) is 23.3 Å². The van der Waals surface area contributed by atoms with Crippen molar-refractivity contribution in [3.05, 3.63) is 66.7 Å². The largest absolute Gasteiger partial charge is 0.381 e. The minimum atomic E-state index is -0.236. The summed E-state index contributed by atoms with van der Waals surface area (Å²) in [5.74, 6) is 0.299. The lowest BCUT2D eigenvalue weighted by Crippen LogP contribution is -2.21. The van der Waals surface area contributed by atoms with E-state index in [2.05, 4.69) is 43.8 Å². The van der Waals surface area contributed by atoms with Gasteiger partial charge in [0, 0.05) is 48.4 Å². The highest BCUT2D eigenvalue weighted by molar-refractivity contribution is 6.09. The lowest BCUT2D eigenvalue weighted by atomic mass is 9.99. The number of hydrogen-bond acceptors (Lipinski definition) is 4. The van der Waals surface area contributed by atoms with E-state index in [1.54, 1.807) is 12.3 Å². The highest BCUT2D eigenvalue weighted by Crippen LogP contribution is 2.34. The molecule has 2 aromatic carbocycles. The smallest absolute Gasteiger partial charge is 0.276 e. The van der Waals surface area contributed by atoms with Crippen LogP contribution in [0.25, 0.3) is 32.9 Å². The first-order valence-corrected chi connectivity index (χ1v) is 11.2. The average Bonchev–Trinajstić information content (AvgIpc) is 3.60. The highest BCUT2D eigenvalue weighted by Gasteiger charge is 2.18. The number of fused-ring (bicyclic) bond motifs is 2. The summed E-state index contributed by atoms with van der Waals surface area (Å²) in [6, 6.07) is 14.0. The fourth-order valence-corrected chi connectivity index (χ4v) is 4.61. The summed E-state index contributed by atoms with van der Waals surface area (Å²) in [7, 11) is 0. The molecule has 1 fully saturated rings. The number of anilines is 1. The molecule has 1 aliphatic rings. The molecule has 6 rings (SSSR count). The SMILES string of the molecule is O=C(Nc1cc(-c2cccc3[nH]ccc23)cc2[nH]ncc12)c1ccn(CC2CCOCC2)n1. The molecule has 0 radical (unpaired) electrons. The van der Waals surface area contributed by atoms with Gasteiger partial charge in [-0.25, -0.2) is 0 Å². The van der Waals surface area contributed by atoms with Gasteiger partial charge in [0.1, 0.15) is 0 Å². The third-order valence-electron chi connectivity index (χ3n) is 6.37. The van der Waals surface area contributed by atoms with Crippen molar-refractivity contribution in [1.82, 2.24) is 25.0 Å². The summed E-state index contributed by atoms with van der Waals surface area (Å²) >= 11 is 0. The molecule has 3 aromatic heterocycles. The van der Waals surface area contributed by atoms with E-state index in [0.717, 1.165) is 65.5 Å². The Morgan fingerprint density at radius 1 is 1.12 bits per heavy atom. The Labute approximate surface area is 189 Å². The summed E-state index contributed by atoms with van der Waals surface area (Å²) < 4.78 is 7.30. The number of aromatic amines is 2. The Kier molecular flexibility index (Phi) is 4.92. The number of carbonyl (C=O) groups excluding carboxylic acids is 1. The number of amides is 1. The predicted molar refractivity (Wildman–Crippen MR) is 127 cm³/mol. The van der Waals surface area contributed by atoms with Gasteiger partial charge in [-0.05, 0) is 60.2 Å². The van der Waals surface area contributed by atoms with E-state index in [-0.39, 0.29) is 5.91 Å². The number of aromatic nitrogens is 5. The molecule has 0 spiro atoms. The second-order valence-electron chi connectivity index (χ2n) is 8.53. The molecule has 33 heavy (non-hydrogen) atoms. The van der Waals surface area contributed by atoms with Crippen molar-refractivity contribution in [2.75, 3.05) is 18.5 Å². The van der Waals surface area contributed by atoms with Crippen molar-refractivity contribution < 1.29 is 9.53 Å². The molecule has 1 amide bonds. The predicted octanol–water partition coefficient (Wildman–Crippen LogP) is 4.59. The van der Waals surface area contributed by atoms with E-state index >= 15 is 0 Å². The molecule has 0 saturated carbocycles. The molecule has 5 aromatic rings. The standard InChI is InChI=1S/C25H24N6O2/c32-25(22-5-9-31(30-22)15-16-6-10-33-11-7-16)28-23-12-17(13-24-20(23)14-27-29-24)18-2-1-3-21-19(18)4-8-26-21/h1-5,8-9,12-14,16,26H,6-7,10-11,15H2,(H,27,29)(H,28,32). The first-order valence-electron chi connectivity index (χ1n) is 11.2. The zero-order chi connectivity index (χ0) is 22.2. The average molecular weight is 441 g/mol. The van der Waals surface area contributed by atoms with Gasteiger partial charge in [-0.3, -0.25) is 14.6 Å². The van der Waals surface area contributed by atoms with Gasteiger partial charge in [-0.2, -0.15) is 10.2 Å². The normalized spacial score (nSPS) is 14.8. The second-order valence-corrected chi connectivity index (χ2v) is 8.53. The van der Waals surface area contributed by atoms with Gasteiger partial charge >= 0.3 is 0 Å². The van der Waals surface area contributed by atoms with Crippen LogP contribution in [0.2, 0.25) is 0 Å². The number of carbonyl (C=O) groups is 1. The molecule has 0 bridgehead atoms. The van der Waals surface area contributed by atoms with Gasteiger partial charge in [0.2, 0.25) is 0 Å². The number of ether oxygens (including phenoxy) is 1.